The zero-order valence-electron chi connectivity index (χ0n) is 16.8. The molecule has 1 atom stereocenters. The number of fused-ring (bicyclic) bond motifs is 1. The Morgan fingerprint density at radius 2 is 1.70 bits per heavy atom. The van der Waals surface area contributed by atoms with Crippen molar-refractivity contribution in [2.24, 2.45) is 5.73 Å². The molecule has 1 aliphatic heterocycles. The number of allylic oxidation sites excluding steroid dienone is 1. The van der Waals surface area contributed by atoms with Gasteiger partial charge in [0, 0.05) is 24.2 Å². The molecule has 0 radical (unpaired) electrons. The number of hydrogen-bond acceptors (Lipinski definition) is 4. The number of aryl methyl sites for hydroxylation is 2. The van der Waals surface area contributed by atoms with E-state index in [1.165, 1.54) is 5.56 Å². The fourth-order valence-corrected chi connectivity index (χ4v) is 4.00. The molecule has 30 heavy (non-hydrogen) atoms. The van der Waals surface area contributed by atoms with Gasteiger partial charge in [-0.2, -0.15) is 5.26 Å². The van der Waals surface area contributed by atoms with Gasteiger partial charge in [0.2, 0.25) is 5.88 Å². The summed E-state index contributed by atoms with van der Waals surface area (Å²) in [6.07, 6.45) is 1.26. The van der Waals surface area contributed by atoms with Crippen LogP contribution in [0.3, 0.4) is 0 Å². The number of benzene rings is 2. The highest BCUT2D eigenvalue weighted by molar-refractivity contribution is 5.50. The number of rotatable bonds is 5. The second-order valence-corrected chi connectivity index (χ2v) is 7.49. The van der Waals surface area contributed by atoms with Crippen LogP contribution in [0, 0.1) is 18.3 Å². The third-order valence-corrected chi connectivity index (χ3v) is 5.56. The SMILES string of the molecule is Cc1cc2c(c(=O)n1CCc1ccccc1)[C@H](Cc1ccccc1)C(C#N)=C(N)O2. The van der Waals surface area contributed by atoms with Crippen molar-refractivity contribution in [3.63, 3.8) is 0 Å². The molecule has 0 aliphatic carbocycles. The van der Waals surface area contributed by atoms with E-state index < -0.39 is 5.92 Å². The normalized spacial score (nSPS) is 15.3. The summed E-state index contributed by atoms with van der Waals surface area (Å²) in [6.45, 7) is 2.45. The summed E-state index contributed by atoms with van der Waals surface area (Å²) < 4.78 is 7.47. The molecule has 2 N–H and O–H groups in total. The minimum Gasteiger partial charge on any atom is -0.440 e. The number of nitrogens with zero attached hydrogens (tertiary/aromatic N) is 2. The molecular weight excluding hydrogens is 374 g/mol. The van der Waals surface area contributed by atoms with E-state index in [4.69, 9.17) is 10.5 Å². The van der Waals surface area contributed by atoms with Gasteiger partial charge in [0.15, 0.2) is 0 Å². The maximum Gasteiger partial charge on any atom is 0.258 e. The summed E-state index contributed by atoms with van der Waals surface area (Å²) in [5, 5.41) is 9.73. The fourth-order valence-electron chi connectivity index (χ4n) is 4.00. The molecular formula is C25H23N3O2. The minimum atomic E-state index is -0.433. The lowest BCUT2D eigenvalue weighted by atomic mass is 9.85. The average Bonchev–Trinajstić information content (AvgIpc) is 2.75. The van der Waals surface area contributed by atoms with Crippen molar-refractivity contribution in [1.82, 2.24) is 4.57 Å². The van der Waals surface area contributed by atoms with E-state index in [0.717, 1.165) is 17.7 Å². The number of ether oxygens (including phenoxy) is 1. The van der Waals surface area contributed by atoms with Gasteiger partial charge in [0.05, 0.1) is 11.1 Å². The maximum atomic E-state index is 13.5. The summed E-state index contributed by atoms with van der Waals surface area (Å²) in [7, 11) is 0. The molecule has 1 aliphatic rings. The fraction of sp³-hybridized carbons (Fsp3) is 0.200. The van der Waals surface area contributed by atoms with Crippen LogP contribution in [0.15, 0.2) is 83.0 Å². The molecule has 0 fully saturated rings. The van der Waals surface area contributed by atoms with Crippen LogP contribution in [-0.4, -0.2) is 4.57 Å². The molecule has 2 aromatic carbocycles. The maximum absolute atomic E-state index is 13.5. The lowest BCUT2D eigenvalue weighted by Crippen LogP contribution is -2.33. The molecule has 0 unspecified atom stereocenters. The quantitative estimate of drug-likeness (QED) is 0.710. The van der Waals surface area contributed by atoms with Crippen LogP contribution in [-0.2, 0) is 19.4 Å². The lowest BCUT2D eigenvalue weighted by Gasteiger charge is -2.27. The topological polar surface area (TPSA) is 81.0 Å². The first-order valence-corrected chi connectivity index (χ1v) is 9.98. The first-order chi connectivity index (χ1) is 14.6. The molecule has 1 aromatic heterocycles. The Balaban J connectivity index is 1.76. The third kappa shape index (κ3) is 3.72. The Bertz CT molecular complexity index is 1190. The van der Waals surface area contributed by atoms with Crippen LogP contribution in [0.25, 0.3) is 0 Å². The third-order valence-electron chi connectivity index (χ3n) is 5.56. The van der Waals surface area contributed by atoms with Crippen molar-refractivity contribution >= 4 is 0 Å². The molecule has 5 heteroatoms. The van der Waals surface area contributed by atoms with Crippen LogP contribution < -0.4 is 16.0 Å². The molecule has 2 heterocycles. The van der Waals surface area contributed by atoms with E-state index >= 15 is 0 Å². The first-order valence-electron chi connectivity index (χ1n) is 9.98. The second kappa shape index (κ2) is 8.30. The predicted octanol–water partition coefficient (Wildman–Crippen LogP) is 3.81. The highest BCUT2D eigenvalue weighted by Crippen LogP contribution is 2.38. The van der Waals surface area contributed by atoms with Gasteiger partial charge in [-0.05, 0) is 30.9 Å². The summed E-state index contributed by atoms with van der Waals surface area (Å²) in [5.41, 5.74) is 9.74. The van der Waals surface area contributed by atoms with E-state index in [9.17, 15) is 10.1 Å². The summed E-state index contributed by atoms with van der Waals surface area (Å²) in [6, 6.07) is 23.9. The lowest BCUT2D eigenvalue weighted by molar-refractivity contribution is 0.382. The predicted molar refractivity (Wildman–Crippen MR) is 116 cm³/mol. The van der Waals surface area contributed by atoms with E-state index in [1.807, 2.05) is 61.5 Å². The average molecular weight is 397 g/mol. The van der Waals surface area contributed by atoms with E-state index in [2.05, 4.69) is 18.2 Å². The smallest absolute Gasteiger partial charge is 0.258 e. The first kappa shape index (κ1) is 19.5. The standard InChI is InChI=1S/C25H23N3O2/c1-17-14-22-23(25(29)28(17)13-12-18-8-4-2-5-9-18)20(21(16-26)24(27)30-22)15-19-10-6-3-7-11-19/h2-11,14,20H,12-13,15,27H2,1H3/t20-/m1/s1. The van der Waals surface area contributed by atoms with Crippen molar-refractivity contribution in [3.05, 3.63) is 111 Å². The molecule has 150 valence electrons. The van der Waals surface area contributed by atoms with Crippen molar-refractivity contribution in [3.8, 4) is 11.8 Å². The molecule has 4 rings (SSSR count). The van der Waals surface area contributed by atoms with Gasteiger partial charge in [-0.1, -0.05) is 60.7 Å². The molecule has 0 amide bonds. The van der Waals surface area contributed by atoms with Crippen LogP contribution in [0.1, 0.15) is 28.3 Å². The van der Waals surface area contributed by atoms with Gasteiger partial charge in [-0.25, -0.2) is 0 Å². The Kier molecular flexibility index (Phi) is 5.40. The molecule has 0 saturated heterocycles. The van der Waals surface area contributed by atoms with Gasteiger partial charge in [0.1, 0.15) is 11.8 Å². The van der Waals surface area contributed by atoms with Gasteiger partial charge >= 0.3 is 0 Å². The van der Waals surface area contributed by atoms with E-state index in [0.29, 0.717) is 29.9 Å². The van der Waals surface area contributed by atoms with Crippen molar-refractivity contribution in [2.45, 2.75) is 32.2 Å². The Morgan fingerprint density at radius 1 is 1.07 bits per heavy atom. The largest absolute Gasteiger partial charge is 0.440 e. The number of nitriles is 1. The van der Waals surface area contributed by atoms with Gasteiger partial charge < -0.3 is 15.0 Å². The van der Waals surface area contributed by atoms with E-state index in [-0.39, 0.29) is 11.4 Å². The second-order valence-electron chi connectivity index (χ2n) is 7.49. The van der Waals surface area contributed by atoms with Crippen molar-refractivity contribution in [1.29, 1.82) is 5.26 Å². The summed E-state index contributed by atoms with van der Waals surface area (Å²) >= 11 is 0. The summed E-state index contributed by atoms with van der Waals surface area (Å²) in [5.74, 6) is 0.0925. The molecule has 0 saturated carbocycles. The zero-order chi connectivity index (χ0) is 21.1. The van der Waals surface area contributed by atoms with E-state index in [1.54, 1.807) is 4.57 Å². The van der Waals surface area contributed by atoms with Crippen LogP contribution in [0.5, 0.6) is 5.75 Å². The monoisotopic (exact) mass is 397 g/mol. The number of pyridine rings is 1. The Labute approximate surface area is 175 Å². The molecule has 0 spiro atoms. The minimum absolute atomic E-state index is 0.0757. The van der Waals surface area contributed by atoms with Crippen molar-refractivity contribution in [2.75, 3.05) is 0 Å². The highest BCUT2D eigenvalue weighted by Gasteiger charge is 2.33. The Morgan fingerprint density at radius 3 is 2.33 bits per heavy atom. The van der Waals surface area contributed by atoms with Gasteiger partial charge in [0.25, 0.3) is 5.56 Å². The number of hydrogen-bond donors (Lipinski definition) is 1. The molecule has 0 bridgehead atoms. The number of aromatic nitrogens is 1. The molecule has 3 aromatic rings. The zero-order valence-corrected chi connectivity index (χ0v) is 16.8. The number of nitrogens with two attached hydrogens (primary N) is 1. The highest BCUT2D eigenvalue weighted by atomic mass is 16.5. The Hall–Kier alpha value is -3.78. The van der Waals surface area contributed by atoms with Gasteiger partial charge in [-0.3, -0.25) is 4.79 Å². The van der Waals surface area contributed by atoms with Gasteiger partial charge in [-0.15, -0.1) is 0 Å². The molecule has 5 nitrogen and oxygen atoms in total. The van der Waals surface area contributed by atoms with Crippen molar-refractivity contribution < 1.29 is 4.74 Å². The van der Waals surface area contributed by atoms with Crippen LogP contribution in [0.4, 0.5) is 0 Å². The summed E-state index contributed by atoms with van der Waals surface area (Å²) in [4.78, 5) is 13.5. The van der Waals surface area contributed by atoms with Crippen LogP contribution >= 0.6 is 0 Å². The van der Waals surface area contributed by atoms with Crippen LogP contribution in [0.2, 0.25) is 0 Å².